The van der Waals surface area contributed by atoms with Gasteiger partial charge in [0.1, 0.15) is 5.84 Å². The number of amides is 1. The Morgan fingerprint density at radius 3 is 2.49 bits per heavy atom. The second-order valence-electron chi connectivity index (χ2n) is 7.27. The third kappa shape index (κ3) is 6.87. The summed E-state index contributed by atoms with van der Waals surface area (Å²) in [4.78, 5) is 24.0. The number of nitrogens with two attached hydrogens (primary N) is 1. The fraction of sp³-hybridized carbons (Fsp3) is 0.125. The van der Waals surface area contributed by atoms with E-state index in [4.69, 9.17) is 37.3 Å². The van der Waals surface area contributed by atoms with Crippen LogP contribution in [0, 0.1) is 5.41 Å². The number of carbonyl (C=O) groups is 2. The zero-order valence-corrected chi connectivity index (χ0v) is 20.9. The Bertz CT molecular complexity index is 1270. The highest BCUT2D eigenvalue weighted by Gasteiger charge is 2.17. The van der Waals surface area contributed by atoms with Crippen molar-refractivity contribution in [2.45, 2.75) is 6.54 Å². The lowest BCUT2D eigenvalue weighted by atomic mass is 10.1. The first kappa shape index (κ1) is 25.9. The highest BCUT2D eigenvalue weighted by Crippen LogP contribution is 2.35. The van der Waals surface area contributed by atoms with Crippen molar-refractivity contribution in [3.05, 3.63) is 80.8 Å². The number of ether oxygens (including phenoxy) is 2. The summed E-state index contributed by atoms with van der Waals surface area (Å²) in [6.07, 6.45) is 0. The maximum atomic E-state index is 13.0. The molecule has 0 aromatic heterocycles. The fourth-order valence-electron chi connectivity index (χ4n) is 3.18. The van der Waals surface area contributed by atoms with Crippen LogP contribution >= 0.6 is 27.5 Å². The first-order chi connectivity index (χ1) is 16.7. The molecule has 0 spiro atoms. The molecule has 0 fully saturated rings. The van der Waals surface area contributed by atoms with Crippen molar-refractivity contribution in [1.82, 2.24) is 0 Å². The van der Waals surface area contributed by atoms with Crippen molar-refractivity contribution in [1.29, 1.82) is 5.41 Å². The summed E-state index contributed by atoms with van der Waals surface area (Å²) in [7, 11) is 1.46. The summed E-state index contributed by atoms with van der Waals surface area (Å²) >= 11 is 9.56. The second kappa shape index (κ2) is 11.6. The number of nitrogen functional groups attached to an aromatic ring is 1. The average Bonchev–Trinajstić information content (AvgIpc) is 2.82. The predicted molar refractivity (Wildman–Crippen MR) is 138 cm³/mol. The highest BCUT2D eigenvalue weighted by atomic mass is 79.9. The van der Waals surface area contributed by atoms with Crippen molar-refractivity contribution in [3.63, 3.8) is 0 Å². The Morgan fingerprint density at radius 2 is 1.86 bits per heavy atom. The van der Waals surface area contributed by atoms with Gasteiger partial charge in [0.25, 0.3) is 5.91 Å². The lowest BCUT2D eigenvalue weighted by molar-refractivity contribution is -0.139. The van der Waals surface area contributed by atoms with E-state index < -0.39 is 18.5 Å². The molecule has 0 atom stereocenters. The summed E-state index contributed by atoms with van der Waals surface area (Å²) in [6, 6.07) is 14.8. The lowest BCUT2D eigenvalue weighted by Crippen LogP contribution is -2.16. The molecule has 6 N–H and O–H groups in total. The molecule has 0 aliphatic rings. The van der Waals surface area contributed by atoms with Crippen LogP contribution < -0.4 is 25.8 Å². The first-order valence-corrected chi connectivity index (χ1v) is 11.3. The SMILES string of the molecule is COc1cc(Br)cc(CNc2ccc(Cl)cc2C(=O)Nc2ccc(C(=N)N)cc2)c1OCC(=O)O. The van der Waals surface area contributed by atoms with E-state index in [9.17, 15) is 9.59 Å². The summed E-state index contributed by atoms with van der Waals surface area (Å²) < 4.78 is 11.5. The number of hydrogen-bond donors (Lipinski definition) is 5. The van der Waals surface area contributed by atoms with E-state index in [1.807, 2.05) is 0 Å². The number of rotatable bonds is 10. The molecule has 3 aromatic rings. The largest absolute Gasteiger partial charge is 0.493 e. The normalized spacial score (nSPS) is 10.4. The van der Waals surface area contributed by atoms with E-state index in [0.29, 0.717) is 43.3 Å². The number of carboxylic acids is 1. The van der Waals surface area contributed by atoms with E-state index in [1.54, 1.807) is 48.5 Å². The van der Waals surface area contributed by atoms with E-state index in [2.05, 4.69) is 26.6 Å². The third-order valence-corrected chi connectivity index (χ3v) is 5.50. The van der Waals surface area contributed by atoms with Gasteiger partial charge in [0.15, 0.2) is 18.1 Å². The number of hydrogen-bond acceptors (Lipinski definition) is 6. The molecule has 0 heterocycles. The van der Waals surface area contributed by atoms with Crippen LogP contribution in [-0.4, -0.2) is 36.5 Å². The van der Waals surface area contributed by atoms with Gasteiger partial charge in [-0.05, 0) is 54.6 Å². The number of carbonyl (C=O) groups excluding carboxylic acids is 1. The molecule has 0 saturated heterocycles. The number of benzene rings is 3. The van der Waals surface area contributed by atoms with Gasteiger partial charge in [0, 0.05) is 38.5 Å². The van der Waals surface area contributed by atoms with Crippen molar-refractivity contribution >= 4 is 56.6 Å². The molecular weight excluding hydrogens is 540 g/mol. The van der Waals surface area contributed by atoms with Crippen LogP contribution in [0.1, 0.15) is 21.5 Å². The summed E-state index contributed by atoms with van der Waals surface area (Å²) in [5, 5.41) is 22.8. The lowest BCUT2D eigenvalue weighted by Gasteiger charge is -2.17. The molecule has 0 unspecified atom stereocenters. The number of anilines is 2. The van der Waals surface area contributed by atoms with E-state index in [0.717, 1.165) is 0 Å². The minimum absolute atomic E-state index is 0.0694. The minimum atomic E-state index is -1.12. The van der Waals surface area contributed by atoms with Crippen LogP contribution in [0.3, 0.4) is 0 Å². The number of halogens is 2. The van der Waals surface area contributed by atoms with Crippen LogP contribution in [0.15, 0.2) is 59.1 Å². The number of nitrogens with one attached hydrogen (secondary N) is 3. The van der Waals surface area contributed by atoms with Gasteiger partial charge in [-0.2, -0.15) is 0 Å². The number of aliphatic carboxylic acids is 1. The third-order valence-electron chi connectivity index (χ3n) is 4.81. The van der Waals surface area contributed by atoms with Crippen molar-refractivity contribution in [2.24, 2.45) is 5.73 Å². The molecule has 0 aliphatic carbocycles. The number of methoxy groups -OCH3 is 1. The van der Waals surface area contributed by atoms with Gasteiger partial charge in [-0.3, -0.25) is 10.2 Å². The molecule has 11 heteroatoms. The van der Waals surface area contributed by atoms with Gasteiger partial charge >= 0.3 is 5.97 Å². The van der Waals surface area contributed by atoms with Crippen molar-refractivity contribution < 1.29 is 24.2 Å². The second-order valence-corrected chi connectivity index (χ2v) is 8.62. The smallest absolute Gasteiger partial charge is 0.341 e. The Balaban J connectivity index is 1.84. The van der Waals surface area contributed by atoms with Crippen molar-refractivity contribution in [3.8, 4) is 11.5 Å². The maximum absolute atomic E-state index is 13.0. The Hall–Kier alpha value is -3.76. The minimum Gasteiger partial charge on any atom is -0.493 e. The Kier molecular flexibility index (Phi) is 8.56. The molecule has 0 bridgehead atoms. The monoisotopic (exact) mass is 560 g/mol. The molecule has 182 valence electrons. The molecule has 3 aromatic carbocycles. The molecule has 0 aliphatic heterocycles. The van der Waals surface area contributed by atoms with Crippen LogP contribution in [0.25, 0.3) is 0 Å². The summed E-state index contributed by atoms with van der Waals surface area (Å²) in [5.41, 5.74) is 7.93. The van der Waals surface area contributed by atoms with Crippen LogP contribution in [0.5, 0.6) is 11.5 Å². The summed E-state index contributed by atoms with van der Waals surface area (Å²) in [6.45, 7) is -0.345. The standard InChI is InChI=1S/C24H22BrClN4O5/c1-34-20-9-15(25)8-14(22(20)35-12-21(31)32)11-29-19-7-4-16(26)10-18(19)24(33)30-17-5-2-13(3-6-17)23(27)28/h2-10,29H,11-12H2,1H3,(H3,27,28)(H,30,33)(H,31,32). The van der Waals surface area contributed by atoms with E-state index in [-0.39, 0.29) is 18.1 Å². The quantitative estimate of drug-likeness (QED) is 0.178. The van der Waals surface area contributed by atoms with Crippen LogP contribution in [-0.2, 0) is 11.3 Å². The average molecular weight is 562 g/mol. The van der Waals surface area contributed by atoms with Gasteiger partial charge in [0.2, 0.25) is 0 Å². The zero-order valence-electron chi connectivity index (χ0n) is 18.5. The van der Waals surface area contributed by atoms with Gasteiger partial charge in [-0.1, -0.05) is 27.5 Å². The van der Waals surface area contributed by atoms with Gasteiger partial charge in [0.05, 0.1) is 12.7 Å². The number of carboxylic acid groups (broad SMARTS) is 1. The Labute approximate surface area is 214 Å². The highest BCUT2D eigenvalue weighted by molar-refractivity contribution is 9.10. The van der Waals surface area contributed by atoms with Crippen molar-refractivity contribution in [2.75, 3.05) is 24.4 Å². The molecule has 35 heavy (non-hydrogen) atoms. The van der Waals surface area contributed by atoms with Crippen LogP contribution in [0.4, 0.5) is 11.4 Å². The molecule has 3 rings (SSSR count). The molecule has 0 saturated carbocycles. The molecule has 1 amide bonds. The zero-order chi connectivity index (χ0) is 25.5. The molecular formula is C24H22BrClN4O5. The molecule has 0 radical (unpaired) electrons. The molecule has 9 nitrogen and oxygen atoms in total. The topological polar surface area (TPSA) is 147 Å². The Morgan fingerprint density at radius 1 is 1.14 bits per heavy atom. The first-order valence-electron chi connectivity index (χ1n) is 10.2. The summed E-state index contributed by atoms with van der Waals surface area (Å²) in [5.74, 6) is -0.960. The van der Waals surface area contributed by atoms with Gasteiger partial charge < -0.3 is 30.9 Å². The number of amidine groups is 1. The van der Waals surface area contributed by atoms with E-state index >= 15 is 0 Å². The fourth-order valence-corrected chi connectivity index (χ4v) is 3.84. The van der Waals surface area contributed by atoms with Crippen LogP contribution in [0.2, 0.25) is 5.02 Å². The van der Waals surface area contributed by atoms with Gasteiger partial charge in [-0.15, -0.1) is 0 Å². The predicted octanol–water partition coefficient (Wildman–Crippen LogP) is 4.72. The van der Waals surface area contributed by atoms with E-state index in [1.165, 1.54) is 13.2 Å². The van der Waals surface area contributed by atoms with Gasteiger partial charge in [-0.25, -0.2) is 4.79 Å². The maximum Gasteiger partial charge on any atom is 0.341 e.